The molecule has 2 nitrogen and oxygen atoms in total. The quantitative estimate of drug-likeness (QED) is 0.662. The fraction of sp³-hybridized carbons (Fsp3) is 0.333. The Bertz CT molecular complexity index is 674. The third-order valence-corrected chi connectivity index (χ3v) is 4.76. The lowest BCUT2D eigenvalue weighted by Gasteiger charge is -2.10. The van der Waals surface area contributed by atoms with Crippen LogP contribution in [-0.2, 0) is 11.8 Å². The van der Waals surface area contributed by atoms with E-state index >= 15 is 0 Å². The first kappa shape index (κ1) is 11.4. The van der Waals surface area contributed by atoms with Gasteiger partial charge in [-0.25, -0.2) is 4.98 Å². The lowest BCUT2D eigenvalue weighted by molar-refractivity contribution is 0.680. The predicted molar refractivity (Wildman–Crippen MR) is 73.7 cm³/mol. The molecule has 3 rings (SSSR count). The summed E-state index contributed by atoms with van der Waals surface area (Å²) in [5.74, 6) is 0. The molecule has 1 heterocycles. The summed E-state index contributed by atoms with van der Waals surface area (Å²) in [5, 5.41) is 10.1. The highest BCUT2D eigenvalue weighted by Gasteiger charge is 2.30. The lowest BCUT2D eigenvalue weighted by atomic mass is 9.97. The van der Waals surface area contributed by atoms with Gasteiger partial charge in [-0.15, -0.1) is 11.3 Å². The van der Waals surface area contributed by atoms with E-state index in [1.54, 1.807) is 11.3 Å². The van der Waals surface area contributed by atoms with Gasteiger partial charge in [-0.3, -0.25) is 0 Å². The Morgan fingerprint density at radius 1 is 1.39 bits per heavy atom. The number of rotatable bonds is 1. The average molecular weight is 254 g/mol. The molecule has 1 aromatic carbocycles. The molecule has 1 aromatic heterocycles. The van der Waals surface area contributed by atoms with Crippen LogP contribution in [0.2, 0.25) is 0 Å². The zero-order chi connectivity index (χ0) is 12.9. The third-order valence-electron chi connectivity index (χ3n) is 3.38. The van der Waals surface area contributed by atoms with E-state index in [1.807, 2.05) is 13.8 Å². The molecule has 2 aromatic rings. The molecule has 1 aliphatic carbocycles. The lowest BCUT2D eigenvalue weighted by Crippen LogP contribution is -2.13. The van der Waals surface area contributed by atoms with Crippen LogP contribution in [0.1, 0.15) is 34.9 Å². The topological polar surface area (TPSA) is 36.7 Å². The van der Waals surface area contributed by atoms with Crippen LogP contribution in [0.4, 0.5) is 0 Å². The molecule has 0 atom stereocenters. The minimum absolute atomic E-state index is 0.487. The van der Waals surface area contributed by atoms with Gasteiger partial charge < -0.3 is 0 Å². The smallest absolute Gasteiger partial charge is 0.113 e. The standard InChI is InChI=1S/C15H14N2S/c1-9-4-5-10-7-12-13(11(10)6-9)17-14(18-12)15(2,3)8-16/h4-6H,7H2,1-3H3. The Balaban J connectivity index is 2.14. The van der Waals surface area contributed by atoms with Crippen LogP contribution in [0.15, 0.2) is 18.2 Å². The minimum Gasteiger partial charge on any atom is -0.239 e. The first-order valence-corrected chi connectivity index (χ1v) is 6.84. The van der Waals surface area contributed by atoms with E-state index in [9.17, 15) is 5.26 Å². The summed E-state index contributed by atoms with van der Waals surface area (Å²) in [4.78, 5) is 6.01. The number of hydrogen-bond acceptors (Lipinski definition) is 3. The molecule has 90 valence electrons. The summed E-state index contributed by atoms with van der Waals surface area (Å²) in [5.41, 5.74) is 4.48. The number of nitrogens with zero attached hydrogens (tertiary/aromatic N) is 2. The fourth-order valence-electron chi connectivity index (χ4n) is 2.24. The molecule has 0 aliphatic heterocycles. The number of aromatic nitrogens is 1. The summed E-state index contributed by atoms with van der Waals surface area (Å²) in [7, 11) is 0. The zero-order valence-electron chi connectivity index (χ0n) is 10.7. The largest absolute Gasteiger partial charge is 0.239 e. The predicted octanol–water partition coefficient (Wildman–Crippen LogP) is 3.82. The maximum absolute atomic E-state index is 9.19. The molecular formula is C15H14N2S. The van der Waals surface area contributed by atoms with Crippen molar-refractivity contribution < 1.29 is 0 Å². The van der Waals surface area contributed by atoms with E-state index in [4.69, 9.17) is 4.98 Å². The van der Waals surface area contributed by atoms with Crippen molar-refractivity contribution in [3.8, 4) is 17.3 Å². The number of benzene rings is 1. The maximum Gasteiger partial charge on any atom is 0.113 e. The van der Waals surface area contributed by atoms with Crippen LogP contribution in [0.3, 0.4) is 0 Å². The highest BCUT2D eigenvalue weighted by atomic mass is 32.1. The second kappa shape index (κ2) is 3.66. The second-order valence-electron chi connectivity index (χ2n) is 5.36. The van der Waals surface area contributed by atoms with E-state index in [0.717, 1.165) is 17.1 Å². The van der Waals surface area contributed by atoms with Crippen molar-refractivity contribution in [2.45, 2.75) is 32.6 Å². The molecule has 0 unspecified atom stereocenters. The van der Waals surface area contributed by atoms with Crippen LogP contribution in [-0.4, -0.2) is 4.98 Å². The van der Waals surface area contributed by atoms with E-state index in [-0.39, 0.29) is 0 Å². The average Bonchev–Trinajstić information content (AvgIpc) is 2.87. The summed E-state index contributed by atoms with van der Waals surface area (Å²) < 4.78 is 0. The van der Waals surface area contributed by atoms with Crippen molar-refractivity contribution in [2.75, 3.05) is 0 Å². The van der Waals surface area contributed by atoms with Crippen LogP contribution in [0.5, 0.6) is 0 Å². The van der Waals surface area contributed by atoms with Crippen molar-refractivity contribution >= 4 is 11.3 Å². The van der Waals surface area contributed by atoms with Crippen molar-refractivity contribution in [3.63, 3.8) is 0 Å². The van der Waals surface area contributed by atoms with Crippen LogP contribution >= 0.6 is 11.3 Å². The van der Waals surface area contributed by atoms with Gasteiger partial charge >= 0.3 is 0 Å². The number of thiazole rings is 1. The molecule has 0 N–H and O–H groups in total. The highest BCUT2D eigenvalue weighted by Crippen LogP contribution is 2.42. The number of aryl methyl sites for hydroxylation is 1. The Kier molecular flexibility index (Phi) is 2.33. The van der Waals surface area contributed by atoms with Gasteiger partial charge in [0.1, 0.15) is 10.4 Å². The molecule has 0 fully saturated rings. The molecule has 3 heteroatoms. The van der Waals surface area contributed by atoms with E-state index in [2.05, 4.69) is 31.2 Å². The summed E-state index contributed by atoms with van der Waals surface area (Å²) in [6, 6.07) is 8.87. The summed E-state index contributed by atoms with van der Waals surface area (Å²) in [6.07, 6.45) is 0.962. The molecular weight excluding hydrogens is 240 g/mol. The number of hydrogen-bond donors (Lipinski definition) is 0. The van der Waals surface area contributed by atoms with Gasteiger partial charge in [0.25, 0.3) is 0 Å². The second-order valence-corrected chi connectivity index (χ2v) is 6.45. The van der Waals surface area contributed by atoms with Gasteiger partial charge in [0.05, 0.1) is 11.8 Å². The van der Waals surface area contributed by atoms with Crippen molar-refractivity contribution in [1.29, 1.82) is 5.26 Å². The normalized spacial score (nSPS) is 13.0. The summed E-state index contributed by atoms with van der Waals surface area (Å²) >= 11 is 1.68. The molecule has 0 saturated carbocycles. The Morgan fingerprint density at radius 2 is 2.17 bits per heavy atom. The van der Waals surface area contributed by atoms with Gasteiger partial charge in [0, 0.05) is 16.9 Å². The molecule has 1 aliphatic rings. The highest BCUT2D eigenvalue weighted by molar-refractivity contribution is 7.12. The molecule has 0 saturated heterocycles. The van der Waals surface area contributed by atoms with E-state index in [0.29, 0.717) is 0 Å². The van der Waals surface area contributed by atoms with Crippen LogP contribution < -0.4 is 0 Å². The number of nitriles is 1. The van der Waals surface area contributed by atoms with E-state index < -0.39 is 5.41 Å². The van der Waals surface area contributed by atoms with Crippen LogP contribution in [0, 0.1) is 18.3 Å². The molecule has 0 bridgehead atoms. The van der Waals surface area contributed by atoms with Gasteiger partial charge in [0.2, 0.25) is 0 Å². The van der Waals surface area contributed by atoms with Crippen molar-refractivity contribution in [2.24, 2.45) is 0 Å². The van der Waals surface area contributed by atoms with Crippen molar-refractivity contribution in [1.82, 2.24) is 4.98 Å². The SMILES string of the molecule is Cc1ccc2c(c1)-c1nc(C(C)(C)C#N)sc1C2. The molecule has 0 spiro atoms. The van der Waals surface area contributed by atoms with Gasteiger partial charge in [0.15, 0.2) is 0 Å². The zero-order valence-corrected chi connectivity index (χ0v) is 11.6. The minimum atomic E-state index is -0.487. The van der Waals surface area contributed by atoms with E-state index in [1.165, 1.54) is 21.6 Å². The van der Waals surface area contributed by atoms with Gasteiger partial charge in [-0.2, -0.15) is 5.26 Å². The molecule has 18 heavy (non-hydrogen) atoms. The van der Waals surface area contributed by atoms with Crippen molar-refractivity contribution in [3.05, 3.63) is 39.2 Å². The van der Waals surface area contributed by atoms with Crippen LogP contribution in [0.25, 0.3) is 11.3 Å². The first-order chi connectivity index (χ1) is 8.51. The Morgan fingerprint density at radius 3 is 2.89 bits per heavy atom. The third kappa shape index (κ3) is 1.57. The molecule has 0 amide bonds. The van der Waals surface area contributed by atoms with Gasteiger partial charge in [-0.05, 0) is 32.4 Å². The molecule has 0 radical (unpaired) electrons. The Hall–Kier alpha value is -1.66. The summed E-state index contributed by atoms with van der Waals surface area (Å²) in [6.45, 7) is 5.96. The Labute approximate surface area is 111 Å². The fourth-order valence-corrected chi connectivity index (χ4v) is 3.39. The monoisotopic (exact) mass is 254 g/mol. The van der Waals surface area contributed by atoms with Gasteiger partial charge in [-0.1, -0.05) is 17.7 Å². The number of fused-ring (bicyclic) bond motifs is 3. The first-order valence-electron chi connectivity index (χ1n) is 6.02. The maximum atomic E-state index is 9.19.